The van der Waals surface area contributed by atoms with E-state index in [2.05, 4.69) is 5.32 Å². The van der Waals surface area contributed by atoms with Crippen LogP contribution in [0.5, 0.6) is 0 Å². The Morgan fingerprint density at radius 2 is 1.92 bits per heavy atom. The molecule has 0 fully saturated rings. The zero-order chi connectivity index (χ0) is 10.5. The Kier molecular flexibility index (Phi) is 4.45. The van der Waals surface area contributed by atoms with Gasteiger partial charge in [-0.25, -0.2) is 4.79 Å². The van der Waals surface area contributed by atoms with Crippen molar-refractivity contribution in [2.24, 2.45) is 0 Å². The van der Waals surface area contributed by atoms with Crippen LogP contribution < -0.4 is 5.32 Å². The molecular formula is C9H17NO3. The number of amides is 1. The highest BCUT2D eigenvalue weighted by Gasteiger charge is 2.36. The fourth-order valence-corrected chi connectivity index (χ4v) is 1.40. The minimum absolute atomic E-state index is 0.294. The van der Waals surface area contributed by atoms with Gasteiger partial charge in [-0.05, 0) is 12.8 Å². The molecule has 0 aromatic carbocycles. The van der Waals surface area contributed by atoms with Gasteiger partial charge in [0, 0.05) is 6.92 Å². The van der Waals surface area contributed by atoms with Crippen LogP contribution >= 0.6 is 0 Å². The van der Waals surface area contributed by atoms with E-state index in [-0.39, 0.29) is 5.91 Å². The Hall–Kier alpha value is -1.06. The number of rotatable bonds is 5. The molecule has 0 aromatic rings. The highest BCUT2D eigenvalue weighted by atomic mass is 16.4. The molecule has 4 heteroatoms. The Labute approximate surface area is 78.3 Å². The molecule has 0 aromatic heterocycles. The predicted molar refractivity (Wildman–Crippen MR) is 49.4 cm³/mol. The number of hydrogen-bond donors (Lipinski definition) is 2. The van der Waals surface area contributed by atoms with Crippen LogP contribution in [0.25, 0.3) is 0 Å². The summed E-state index contributed by atoms with van der Waals surface area (Å²) in [5, 5.41) is 11.5. The molecule has 0 bridgehead atoms. The van der Waals surface area contributed by atoms with Gasteiger partial charge in [-0.1, -0.05) is 20.3 Å². The normalized spacial score (nSPS) is 14.7. The van der Waals surface area contributed by atoms with E-state index in [0.29, 0.717) is 12.8 Å². The zero-order valence-electron chi connectivity index (χ0n) is 8.39. The average Bonchev–Trinajstić information content (AvgIpc) is 2.02. The SMILES string of the molecule is CCCC(CC)(NC(C)=O)C(=O)O. The first-order valence-electron chi connectivity index (χ1n) is 4.50. The third kappa shape index (κ3) is 3.05. The van der Waals surface area contributed by atoms with Crippen LogP contribution in [0.15, 0.2) is 0 Å². The summed E-state index contributed by atoms with van der Waals surface area (Å²) < 4.78 is 0. The maximum atomic E-state index is 11.0. The average molecular weight is 187 g/mol. The van der Waals surface area contributed by atoms with Crippen LogP contribution in [-0.4, -0.2) is 22.5 Å². The van der Waals surface area contributed by atoms with E-state index in [1.807, 2.05) is 6.92 Å². The van der Waals surface area contributed by atoms with Crippen LogP contribution in [0.2, 0.25) is 0 Å². The number of carboxylic acids is 1. The molecule has 0 aliphatic carbocycles. The van der Waals surface area contributed by atoms with Crippen LogP contribution in [0.3, 0.4) is 0 Å². The van der Waals surface area contributed by atoms with Crippen LogP contribution in [0.1, 0.15) is 40.0 Å². The molecule has 0 saturated heterocycles. The molecule has 1 atom stereocenters. The molecule has 1 unspecified atom stereocenters. The summed E-state index contributed by atoms with van der Waals surface area (Å²) in [6.07, 6.45) is 1.62. The summed E-state index contributed by atoms with van der Waals surface area (Å²) in [6, 6.07) is 0. The fourth-order valence-electron chi connectivity index (χ4n) is 1.40. The van der Waals surface area contributed by atoms with Crippen molar-refractivity contribution in [2.75, 3.05) is 0 Å². The monoisotopic (exact) mass is 187 g/mol. The number of aliphatic carboxylic acids is 1. The predicted octanol–water partition coefficient (Wildman–Crippen LogP) is 1.16. The van der Waals surface area contributed by atoms with E-state index in [9.17, 15) is 9.59 Å². The number of carbonyl (C=O) groups is 2. The quantitative estimate of drug-likeness (QED) is 0.678. The van der Waals surface area contributed by atoms with Gasteiger partial charge in [0.1, 0.15) is 5.54 Å². The lowest BCUT2D eigenvalue weighted by atomic mass is 9.90. The third-order valence-electron chi connectivity index (χ3n) is 2.11. The second kappa shape index (κ2) is 4.84. The second-order valence-corrected chi connectivity index (χ2v) is 3.17. The van der Waals surface area contributed by atoms with Crippen molar-refractivity contribution < 1.29 is 14.7 Å². The minimum Gasteiger partial charge on any atom is -0.480 e. The zero-order valence-corrected chi connectivity index (χ0v) is 8.39. The van der Waals surface area contributed by atoms with Gasteiger partial charge in [0.05, 0.1) is 0 Å². The number of carboxylic acid groups (broad SMARTS) is 1. The van der Waals surface area contributed by atoms with E-state index >= 15 is 0 Å². The smallest absolute Gasteiger partial charge is 0.329 e. The van der Waals surface area contributed by atoms with Gasteiger partial charge in [0.15, 0.2) is 0 Å². The van der Waals surface area contributed by atoms with Gasteiger partial charge in [0.25, 0.3) is 0 Å². The van der Waals surface area contributed by atoms with Gasteiger partial charge >= 0.3 is 5.97 Å². The van der Waals surface area contributed by atoms with E-state index in [4.69, 9.17) is 5.11 Å². The van der Waals surface area contributed by atoms with Crippen LogP contribution in [0.4, 0.5) is 0 Å². The van der Waals surface area contributed by atoms with E-state index in [0.717, 1.165) is 6.42 Å². The molecule has 0 aliphatic rings. The molecule has 76 valence electrons. The Balaban J connectivity index is 4.64. The molecule has 0 aliphatic heterocycles. The molecule has 0 radical (unpaired) electrons. The van der Waals surface area contributed by atoms with Crippen molar-refractivity contribution in [1.29, 1.82) is 0 Å². The summed E-state index contributed by atoms with van der Waals surface area (Å²) in [6.45, 7) is 5.00. The van der Waals surface area contributed by atoms with Crippen molar-refractivity contribution in [3.63, 3.8) is 0 Å². The molecule has 0 rings (SSSR count). The topological polar surface area (TPSA) is 66.4 Å². The number of nitrogens with one attached hydrogen (secondary N) is 1. The molecule has 1 amide bonds. The van der Waals surface area contributed by atoms with Crippen LogP contribution in [-0.2, 0) is 9.59 Å². The van der Waals surface area contributed by atoms with E-state index < -0.39 is 11.5 Å². The first-order chi connectivity index (χ1) is 5.98. The lowest BCUT2D eigenvalue weighted by molar-refractivity contribution is -0.148. The highest BCUT2D eigenvalue weighted by Crippen LogP contribution is 2.17. The summed E-state index contributed by atoms with van der Waals surface area (Å²) in [7, 11) is 0. The van der Waals surface area contributed by atoms with Gasteiger partial charge in [-0.2, -0.15) is 0 Å². The van der Waals surface area contributed by atoms with Gasteiger partial charge < -0.3 is 10.4 Å². The maximum absolute atomic E-state index is 11.0. The van der Waals surface area contributed by atoms with Crippen molar-refractivity contribution in [3.8, 4) is 0 Å². The van der Waals surface area contributed by atoms with Gasteiger partial charge in [0.2, 0.25) is 5.91 Å². The molecular weight excluding hydrogens is 170 g/mol. The molecule has 13 heavy (non-hydrogen) atoms. The van der Waals surface area contributed by atoms with Crippen molar-refractivity contribution in [1.82, 2.24) is 5.32 Å². The van der Waals surface area contributed by atoms with Gasteiger partial charge in [-0.15, -0.1) is 0 Å². The Morgan fingerprint density at radius 1 is 1.38 bits per heavy atom. The van der Waals surface area contributed by atoms with Crippen molar-refractivity contribution in [2.45, 2.75) is 45.6 Å². The molecule has 0 heterocycles. The highest BCUT2D eigenvalue weighted by molar-refractivity contribution is 5.85. The summed E-state index contributed by atoms with van der Waals surface area (Å²) >= 11 is 0. The summed E-state index contributed by atoms with van der Waals surface area (Å²) in [4.78, 5) is 21.8. The lowest BCUT2D eigenvalue weighted by Crippen LogP contribution is -2.53. The number of hydrogen-bond acceptors (Lipinski definition) is 2. The first-order valence-corrected chi connectivity index (χ1v) is 4.50. The second-order valence-electron chi connectivity index (χ2n) is 3.17. The van der Waals surface area contributed by atoms with Crippen LogP contribution in [0, 0.1) is 0 Å². The Bertz CT molecular complexity index is 203. The largest absolute Gasteiger partial charge is 0.480 e. The summed E-state index contributed by atoms with van der Waals surface area (Å²) in [5.74, 6) is -1.25. The van der Waals surface area contributed by atoms with Crippen molar-refractivity contribution >= 4 is 11.9 Å². The summed E-state index contributed by atoms with van der Waals surface area (Å²) in [5.41, 5.74) is -1.07. The minimum atomic E-state index is -1.07. The lowest BCUT2D eigenvalue weighted by Gasteiger charge is -2.28. The van der Waals surface area contributed by atoms with Gasteiger partial charge in [-0.3, -0.25) is 4.79 Å². The molecule has 4 nitrogen and oxygen atoms in total. The van der Waals surface area contributed by atoms with Crippen molar-refractivity contribution in [3.05, 3.63) is 0 Å². The number of carbonyl (C=O) groups excluding carboxylic acids is 1. The molecule has 0 spiro atoms. The maximum Gasteiger partial charge on any atom is 0.329 e. The first kappa shape index (κ1) is 11.9. The fraction of sp³-hybridized carbons (Fsp3) is 0.778. The van der Waals surface area contributed by atoms with E-state index in [1.165, 1.54) is 6.92 Å². The molecule has 2 N–H and O–H groups in total. The molecule has 0 saturated carbocycles. The Morgan fingerprint density at radius 3 is 2.15 bits per heavy atom. The van der Waals surface area contributed by atoms with E-state index in [1.54, 1.807) is 6.92 Å². The standard InChI is InChI=1S/C9H17NO3/c1-4-6-9(5-2,8(12)13)10-7(3)11/h4-6H2,1-3H3,(H,10,11)(H,12,13). The third-order valence-corrected chi connectivity index (χ3v) is 2.11.